The summed E-state index contributed by atoms with van der Waals surface area (Å²) in [5.74, 6) is 0. The van der Waals surface area contributed by atoms with Crippen LogP contribution in [0.3, 0.4) is 0 Å². The molecule has 0 saturated carbocycles. The maximum absolute atomic E-state index is 10.0. The third kappa shape index (κ3) is 8.62. The minimum absolute atomic E-state index is 0.0241. The molecule has 2 heteroatoms. The minimum atomic E-state index is -0.170. The molecule has 2 nitrogen and oxygen atoms in total. The van der Waals surface area contributed by atoms with Crippen LogP contribution in [0.5, 0.6) is 0 Å². The minimum Gasteiger partial charge on any atom is -0.393 e. The molecule has 1 unspecified atom stereocenters. The fourth-order valence-electron chi connectivity index (χ4n) is 1.62. The van der Waals surface area contributed by atoms with Crippen molar-refractivity contribution >= 4 is 0 Å². The van der Waals surface area contributed by atoms with Gasteiger partial charge in [-0.2, -0.15) is 0 Å². The molecule has 0 saturated heterocycles. The highest BCUT2D eigenvalue weighted by Gasteiger charge is 2.24. The van der Waals surface area contributed by atoms with Crippen molar-refractivity contribution in [3.63, 3.8) is 0 Å². The van der Waals surface area contributed by atoms with E-state index in [2.05, 4.69) is 41.5 Å². The SMILES string of the molecule is CCC(C)(C)C(O)CCCCCOC(C)(C)C. The maximum atomic E-state index is 10.0. The molecule has 1 atom stereocenters. The van der Waals surface area contributed by atoms with E-state index < -0.39 is 0 Å². The highest BCUT2D eigenvalue weighted by molar-refractivity contribution is 4.75. The summed E-state index contributed by atoms with van der Waals surface area (Å²) in [5, 5.41) is 10.0. The second kappa shape index (κ2) is 7.38. The van der Waals surface area contributed by atoms with Crippen LogP contribution in [0.1, 0.15) is 73.6 Å². The first-order valence-electron chi connectivity index (χ1n) is 7.01. The molecule has 0 rings (SSSR count). The summed E-state index contributed by atoms with van der Waals surface area (Å²) in [5.41, 5.74) is 0.0334. The van der Waals surface area contributed by atoms with Crippen molar-refractivity contribution in [2.24, 2.45) is 5.41 Å². The van der Waals surface area contributed by atoms with Crippen LogP contribution in [0.2, 0.25) is 0 Å². The van der Waals surface area contributed by atoms with Crippen molar-refractivity contribution in [3.8, 4) is 0 Å². The van der Waals surface area contributed by atoms with Crippen LogP contribution in [0.25, 0.3) is 0 Å². The van der Waals surface area contributed by atoms with Crippen LogP contribution in [-0.2, 0) is 4.74 Å². The van der Waals surface area contributed by atoms with E-state index in [1.807, 2.05) is 0 Å². The fraction of sp³-hybridized carbons (Fsp3) is 1.00. The van der Waals surface area contributed by atoms with Crippen molar-refractivity contribution in [2.75, 3.05) is 6.61 Å². The van der Waals surface area contributed by atoms with Gasteiger partial charge in [0.15, 0.2) is 0 Å². The van der Waals surface area contributed by atoms with Gasteiger partial charge in [0.2, 0.25) is 0 Å². The first-order chi connectivity index (χ1) is 7.69. The molecular formula is C15H32O2. The summed E-state index contributed by atoms with van der Waals surface area (Å²) in [6.45, 7) is 13.5. The van der Waals surface area contributed by atoms with Gasteiger partial charge in [0, 0.05) is 6.61 Å². The van der Waals surface area contributed by atoms with Crippen LogP contribution in [0.4, 0.5) is 0 Å². The van der Waals surface area contributed by atoms with Crippen LogP contribution < -0.4 is 0 Å². The molecule has 0 spiro atoms. The third-order valence-corrected chi connectivity index (χ3v) is 3.47. The quantitative estimate of drug-likeness (QED) is 0.650. The van der Waals surface area contributed by atoms with Gasteiger partial charge >= 0.3 is 0 Å². The van der Waals surface area contributed by atoms with Crippen LogP contribution in [0, 0.1) is 5.41 Å². The average Bonchev–Trinajstić information content (AvgIpc) is 2.21. The Morgan fingerprint density at radius 2 is 1.59 bits per heavy atom. The Morgan fingerprint density at radius 3 is 2.06 bits per heavy atom. The first kappa shape index (κ1) is 16.9. The summed E-state index contributed by atoms with van der Waals surface area (Å²) in [6, 6.07) is 0. The topological polar surface area (TPSA) is 29.5 Å². The van der Waals surface area contributed by atoms with E-state index in [1.165, 1.54) is 0 Å². The normalized spacial score (nSPS) is 15.0. The van der Waals surface area contributed by atoms with E-state index in [9.17, 15) is 5.11 Å². The van der Waals surface area contributed by atoms with Crippen LogP contribution >= 0.6 is 0 Å². The molecule has 17 heavy (non-hydrogen) atoms. The predicted octanol–water partition coefficient (Wildman–Crippen LogP) is 4.16. The second-order valence-corrected chi connectivity index (χ2v) is 6.67. The van der Waals surface area contributed by atoms with E-state index in [-0.39, 0.29) is 17.1 Å². The number of hydrogen-bond acceptors (Lipinski definition) is 2. The van der Waals surface area contributed by atoms with Gasteiger partial charge in [0.25, 0.3) is 0 Å². The monoisotopic (exact) mass is 244 g/mol. The van der Waals surface area contributed by atoms with Gasteiger partial charge in [-0.1, -0.05) is 33.6 Å². The Morgan fingerprint density at radius 1 is 1.00 bits per heavy atom. The average molecular weight is 244 g/mol. The van der Waals surface area contributed by atoms with Gasteiger partial charge in [-0.25, -0.2) is 0 Å². The van der Waals surface area contributed by atoms with Crippen molar-refractivity contribution in [1.82, 2.24) is 0 Å². The molecule has 0 aliphatic heterocycles. The molecule has 0 aromatic rings. The Balaban J connectivity index is 3.53. The van der Waals surface area contributed by atoms with Crippen molar-refractivity contribution < 1.29 is 9.84 Å². The van der Waals surface area contributed by atoms with E-state index >= 15 is 0 Å². The summed E-state index contributed by atoms with van der Waals surface area (Å²) < 4.78 is 5.66. The molecule has 0 aromatic carbocycles. The third-order valence-electron chi connectivity index (χ3n) is 3.47. The zero-order valence-electron chi connectivity index (χ0n) is 12.7. The Kier molecular flexibility index (Phi) is 7.34. The molecule has 104 valence electrons. The number of rotatable bonds is 8. The molecule has 0 fully saturated rings. The second-order valence-electron chi connectivity index (χ2n) is 6.67. The van der Waals surface area contributed by atoms with Crippen molar-refractivity contribution in [1.29, 1.82) is 0 Å². The largest absolute Gasteiger partial charge is 0.393 e. The first-order valence-corrected chi connectivity index (χ1v) is 7.01. The van der Waals surface area contributed by atoms with E-state index in [0.717, 1.165) is 38.7 Å². The number of unbranched alkanes of at least 4 members (excludes halogenated alkanes) is 2. The molecule has 0 aliphatic carbocycles. The van der Waals surface area contributed by atoms with Gasteiger partial charge in [0.05, 0.1) is 11.7 Å². The van der Waals surface area contributed by atoms with Gasteiger partial charge in [-0.15, -0.1) is 0 Å². The van der Waals surface area contributed by atoms with Gasteiger partial charge in [-0.05, 0) is 45.4 Å². The summed E-state index contributed by atoms with van der Waals surface area (Å²) in [4.78, 5) is 0. The number of hydrogen-bond donors (Lipinski definition) is 1. The molecular weight excluding hydrogens is 212 g/mol. The van der Waals surface area contributed by atoms with Gasteiger partial charge < -0.3 is 9.84 Å². The molecule has 0 bridgehead atoms. The number of aliphatic hydroxyl groups is 1. The van der Waals surface area contributed by atoms with E-state index in [4.69, 9.17) is 4.74 Å². The maximum Gasteiger partial charge on any atom is 0.0598 e. The highest BCUT2D eigenvalue weighted by atomic mass is 16.5. The highest BCUT2D eigenvalue weighted by Crippen LogP contribution is 2.28. The predicted molar refractivity (Wildman–Crippen MR) is 74.3 cm³/mol. The lowest BCUT2D eigenvalue weighted by Crippen LogP contribution is -2.28. The smallest absolute Gasteiger partial charge is 0.0598 e. The molecule has 1 N–H and O–H groups in total. The lowest BCUT2D eigenvalue weighted by atomic mass is 9.81. The van der Waals surface area contributed by atoms with Gasteiger partial charge in [0.1, 0.15) is 0 Å². The molecule has 0 aliphatic rings. The molecule has 0 radical (unpaired) electrons. The standard InChI is InChI=1S/C15H32O2/c1-7-15(5,6)13(16)11-9-8-10-12-17-14(2,3)4/h13,16H,7-12H2,1-6H3. The Hall–Kier alpha value is -0.0800. The Bertz CT molecular complexity index is 192. The van der Waals surface area contributed by atoms with E-state index in [0.29, 0.717) is 0 Å². The van der Waals surface area contributed by atoms with Crippen LogP contribution in [-0.4, -0.2) is 23.4 Å². The molecule has 0 aromatic heterocycles. The van der Waals surface area contributed by atoms with Gasteiger partial charge in [-0.3, -0.25) is 0 Å². The molecule has 0 heterocycles. The number of aliphatic hydroxyl groups excluding tert-OH is 1. The van der Waals surface area contributed by atoms with Crippen LogP contribution in [0.15, 0.2) is 0 Å². The lowest BCUT2D eigenvalue weighted by Gasteiger charge is -2.29. The number of ether oxygens (including phenoxy) is 1. The van der Waals surface area contributed by atoms with E-state index in [1.54, 1.807) is 0 Å². The molecule has 0 amide bonds. The zero-order valence-corrected chi connectivity index (χ0v) is 12.7. The summed E-state index contributed by atoms with van der Waals surface area (Å²) >= 11 is 0. The van der Waals surface area contributed by atoms with Crippen molar-refractivity contribution in [2.45, 2.75) is 85.4 Å². The fourth-order valence-corrected chi connectivity index (χ4v) is 1.62. The lowest BCUT2D eigenvalue weighted by molar-refractivity contribution is -0.00585. The Labute approximate surface area is 108 Å². The zero-order chi connectivity index (χ0) is 13.5. The summed E-state index contributed by atoms with van der Waals surface area (Å²) in [6.07, 6.45) is 5.11. The summed E-state index contributed by atoms with van der Waals surface area (Å²) in [7, 11) is 0. The van der Waals surface area contributed by atoms with Crippen molar-refractivity contribution in [3.05, 3.63) is 0 Å².